The molecule has 0 bridgehead atoms. The molecule has 2 fully saturated rings. The van der Waals surface area contributed by atoms with Gasteiger partial charge in [0.05, 0.1) is 6.10 Å². The molecule has 0 spiro atoms. The van der Waals surface area contributed by atoms with Crippen LogP contribution in [0.15, 0.2) is 12.2 Å². The molecule has 2 aliphatic rings. The molecule has 0 atom stereocenters. The van der Waals surface area contributed by atoms with Crippen molar-refractivity contribution in [1.29, 1.82) is 0 Å². The van der Waals surface area contributed by atoms with Crippen LogP contribution in [0.2, 0.25) is 0 Å². The molecule has 0 saturated heterocycles. The molecule has 0 N–H and O–H groups in total. The molecule has 0 unspecified atom stereocenters. The third-order valence-corrected chi connectivity index (χ3v) is 5.65. The van der Waals surface area contributed by atoms with Crippen LogP contribution in [-0.2, 0) is 4.74 Å². The Hall–Kier alpha value is -0.300. The zero-order valence-electron chi connectivity index (χ0n) is 13.7. The van der Waals surface area contributed by atoms with Gasteiger partial charge in [0.1, 0.15) is 0 Å². The van der Waals surface area contributed by atoms with Crippen LogP contribution in [0.3, 0.4) is 0 Å². The molecule has 1 nitrogen and oxygen atoms in total. The SMILES string of the molecule is CCC=CC1CCC(CCC2CCC(OC)CC2)CC1. The predicted molar refractivity (Wildman–Crippen MR) is 86.9 cm³/mol. The molecular formula is C19H34O. The second kappa shape index (κ2) is 8.87. The van der Waals surface area contributed by atoms with Gasteiger partial charge in [0, 0.05) is 7.11 Å². The predicted octanol–water partition coefficient (Wildman–Crippen LogP) is 5.74. The van der Waals surface area contributed by atoms with E-state index in [9.17, 15) is 0 Å². The molecule has 0 aromatic carbocycles. The van der Waals surface area contributed by atoms with Crippen molar-refractivity contribution in [2.24, 2.45) is 17.8 Å². The van der Waals surface area contributed by atoms with E-state index in [0.29, 0.717) is 6.10 Å². The molecule has 2 rings (SSSR count). The van der Waals surface area contributed by atoms with Crippen LogP contribution in [-0.4, -0.2) is 13.2 Å². The summed E-state index contributed by atoms with van der Waals surface area (Å²) in [4.78, 5) is 0. The summed E-state index contributed by atoms with van der Waals surface area (Å²) in [6.45, 7) is 2.24. The van der Waals surface area contributed by atoms with E-state index in [1.807, 2.05) is 7.11 Å². The fourth-order valence-corrected chi connectivity index (χ4v) is 4.13. The molecule has 0 aromatic rings. The Kier molecular flexibility index (Phi) is 7.13. The van der Waals surface area contributed by atoms with Crippen molar-refractivity contribution in [2.75, 3.05) is 7.11 Å². The van der Waals surface area contributed by atoms with E-state index in [-0.39, 0.29) is 0 Å². The summed E-state index contributed by atoms with van der Waals surface area (Å²) in [5, 5.41) is 0. The van der Waals surface area contributed by atoms with E-state index in [2.05, 4.69) is 19.1 Å². The van der Waals surface area contributed by atoms with Gasteiger partial charge in [-0.25, -0.2) is 0 Å². The van der Waals surface area contributed by atoms with Crippen LogP contribution < -0.4 is 0 Å². The standard InChI is InChI=1S/C19H34O/c1-3-4-5-16-6-8-17(9-7-16)10-11-18-12-14-19(20-2)15-13-18/h4-5,16-19H,3,6-15H2,1-2H3. The summed E-state index contributed by atoms with van der Waals surface area (Å²) in [6.07, 6.45) is 20.8. The van der Waals surface area contributed by atoms with Crippen molar-refractivity contribution >= 4 is 0 Å². The van der Waals surface area contributed by atoms with Crippen LogP contribution in [0, 0.1) is 17.8 Å². The lowest BCUT2D eigenvalue weighted by Gasteiger charge is -2.31. The molecule has 0 radical (unpaired) electrons. The molecule has 0 aromatic heterocycles. The maximum Gasteiger partial charge on any atom is 0.0571 e. The normalized spacial score (nSPS) is 35.5. The zero-order valence-corrected chi connectivity index (χ0v) is 13.7. The highest BCUT2D eigenvalue weighted by atomic mass is 16.5. The summed E-state index contributed by atoms with van der Waals surface area (Å²) in [5.41, 5.74) is 0. The Balaban J connectivity index is 1.58. The highest BCUT2D eigenvalue weighted by molar-refractivity contribution is 4.90. The van der Waals surface area contributed by atoms with Crippen molar-refractivity contribution in [3.63, 3.8) is 0 Å². The highest BCUT2D eigenvalue weighted by Gasteiger charge is 2.23. The summed E-state index contributed by atoms with van der Waals surface area (Å²) < 4.78 is 5.47. The minimum Gasteiger partial charge on any atom is -0.381 e. The first kappa shape index (κ1) is 16.1. The number of hydrogen-bond acceptors (Lipinski definition) is 1. The molecule has 20 heavy (non-hydrogen) atoms. The molecule has 1 heteroatoms. The number of ether oxygens (including phenoxy) is 1. The van der Waals surface area contributed by atoms with Crippen LogP contribution in [0.1, 0.15) is 77.6 Å². The van der Waals surface area contributed by atoms with E-state index in [4.69, 9.17) is 4.74 Å². The molecule has 0 aliphatic heterocycles. The lowest BCUT2D eigenvalue weighted by atomic mass is 9.77. The van der Waals surface area contributed by atoms with Crippen molar-refractivity contribution in [3.8, 4) is 0 Å². The first-order chi connectivity index (χ1) is 9.81. The van der Waals surface area contributed by atoms with Gasteiger partial charge in [-0.1, -0.05) is 31.9 Å². The van der Waals surface area contributed by atoms with Crippen LogP contribution in [0.4, 0.5) is 0 Å². The van der Waals surface area contributed by atoms with Gasteiger partial charge in [-0.2, -0.15) is 0 Å². The van der Waals surface area contributed by atoms with E-state index >= 15 is 0 Å². The number of allylic oxidation sites excluding steroid dienone is 2. The minimum absolute atomic E-state index is 0.562. The lowest BCUT2D eigenvalue weighted by Crippen LogP contribution is -2.21. The van der Waals surface area contributed by atoms with Gasteiger partial charge in [0.2, 0.25) is 0 Å². The average Bonchev–Trinajstić information content (AvgIpc) is 2.52. The second-order valence-corrected chi connectivity index (χ2v) is 7.07. The van der Waals surface area contributed by atoms with E-state index in [1.165, 1.54) is 70.6 Å². The Bertz CT molecular complexity index is 267. The Morgan fingerprint density at radius 3 is 1.90 bits per heavy atom. The summed E-state index contributed by atoms with van der Waals surface area (Å²) >= 11 is 0. The smallest absolute Gasteiger partial charge is 0.0571 e. The topological polar surface area (TPSA) is 9.23 Å². The Morgan fingerprint density at radius 2 is 1.40 bits per heavy atom. The Labute approximate surface area is 126 Å². The summed E-state index contributed by atoms with van der Waals surface area (Å²) in [5.74, 6) is 2.92. The van der Waals surface area contributed by atoms with Crippen LogP contribution in [0.5, 0.6) is 0 Å². The number of methoxy groups -OCH3 is 1. The van der Waals surface area contributed by atoms with E-state index in [0.717, 1.165) is 17.8 Å². The minimum atomic E-state index is 0.562. The maximum absolute atomic E-state index is 5.47. The summed E-state index contributed by atoms with van der Waals surface area (Å²) in [6, 6.07) is 0. The fraction of sp³-hybridized carbons (Fsp3) is 0.895. The van der Waals surface area contributed by atoms with E-state index < -0.39 is 0 Å². The Morgan fingerprint density at radius 1 is 0.850 bits per heavy atom. The van der Waals surface area contributed by atoms with Crippen molar-refractivity contribution in [3.05, 3.63) is 12.2 Å². The van der Waals surface area contributed by atoms with Crippen molar-refractivity contribution < 1.29 is 4.74 Å². The van der Waals surface area contributed by atoms with Gasteiger partial charge in [-0.3, -0.25) is 0 Å². The number of rotatable bonds is 6. The third-order valence-electron chi connectivity index (χ3n) is 5.65. The van der Waals surface area contributed by atoms with Gasteiger partial charge in [-0.05, 0) is 75.5 Å². The molecule has 2 aliphatic carbocycles. The van der Waals surface area contributed by atoms with Gasteiger partial charge < -0.3 is 4.74 Å². The zero-order chi connectivity index (χ0) is 14.2. The van der Waals surface area contributed by atoms with Crippen molar-refractivity contribution in [2.45, 2.75) is 83.7 Å². The molecular weight excluding hydrogens is 244 g/mol. The van der Waals surface area contributed by atoms with Crippen molar-refractivity contribution in [1.82, 2.24) is 0 Å². The lowest BCUT2D eigenvalue weighted by molar-refractivity contribution is 0.0541. The molecule has 0 amide bonds. The third kappa shape index (κ3) is 5.24. The highest BCUT2D eigenvalue weighted by Crippen LogP contribution is 2.36. The summed E-state index contributed by atoms with van der Waals surface area (Å²) in [7, 11) is 1.87. The average molecular weight is 278 g/mol. The molecule has 116 valence electrons. The monoisotopic (exact) mass is 278 g/mol. The van der Waals surface area contributed by atoms with Crippen LogP contribution in [0.25, 0.3) is 0 Å². The van der Waals surface area contributed by atoms with Gasteiger partial charge >= 0.3 is 0 Å². The van der Waals surface area contributed by atoms with Gasteiger partial charge in [0.15, 0.2) is 0 Å². The quantitative estimate of drug-likeness (QED) is 0.562. The second-order valence-electron chi connectivity index (χ2n) is 7.07. The van der Waals surface area contributed by atoms with E-state index in [1.54, 1.807) is 0 Å². The van der Waals surface area contributed by atoms with Crippen LogP contribution >= 0.6 is 0 Å². The maximum atomic E-state index is 5.47. The van der Waals surface area contributed by atoms with Gasteiger partial charge in [-0.15, -0.1) is 0 Å². The fourth-order valence-electron chi connectivity index (χ4n) is 4.13. The first-order valence-corrected chi connectivity index (χ1v) is 9.01. The van der Waals surface area contributed by atoms with Gasteiger partial charge in [0.25, 0.3) is 0 Å². The molecule has 0 heterocycles. The largest absolute Gasteiger partial charge is 0.381 e. The molecule has 2 saturated carbocycles. The first-order valence-electron chi connectivity index (χ1n) is 9.01. The number of hydrogen-bond donors (Lipinski definition) is 0.